The van der Waals surface area contributed by atoms with Crippen LogP contribution in [-0.4, -0.2) is 27.3 Å². The van der Waals surface area contributed by atoms with E-state index in [9.17, 15) is 14.0 Å². The predicted octanol–water partition coefficient (Wildman–Crippen LogP) is 1.96. The molecule has 1 heterocycles. The zero-order valence-corrected chi connectivity index (χ0v) is 14.1. The summed E-state index contributed by atoms with van der Waals surface area (Å²) in [6.07, 6.45) is 5.17. The minimum Gasteiger partial charge on any atom is -0.350 e. The lowest BCUT2D eigenvalue weighted by Crippen LogP contribution is -2.48. The zero-order chi connectivity index (χ0) is 17.2. The van der Waals surface area contributed by atoms with E-state index in [0.29, 0.717) is 22.9 Å². The number of carbonyl (C=O) groups is 2. The molecule has 8 heteroatoms. The molecule has 0 bridgehead atoms. The van der Waals surface area contributed by atoms with E-state index >= 15 is 0 Å². The zero-order valence-electron chi connectivity index (χ0n) is 12.6. The Morgan fingerprint density at radius 1 is 1.25 bits per heavy atom. The maximum Gasteiger partial charge on any atom is 0.255 e. The first-order chi connectivity index (χ1) is 11.5. The van der Waals surface area contributed by atoms with Gasteiger partial charge >= 0.3 is 0 Å². The predicted molar refractivity (Wildman–Crippen MR) is 87.4 cm³/mol. The van der Waals surface area contributed by atoms with Gasteiger partial charge in [-0.1, -0.05) is 22.0 Å². The molecule has 0 radical (unpaired) electrons. The second-order valence-electron chi connectivity index (χ2n) is 5.58. The molecule has 2 amide bonds. The molecule has 3 rings (SSSR count). The maximum atomic E-state index is 13.8. The largest absolute Gasteiger partial charge is 0.350 e. The number of rotatable bonds is 5. The third-order valence-corrected chi connectivity index (χ3v) is 4.31. The summed E-state index contributed by atoms with van der Waals surface area (Å²) in [5.41, 5.74) is -0.264. The Bertz CT molecular complexity index is 781. The van der Waals surface area contributed by atoms with E-state index < -0.39 is 17.3 Å². The summed E-state index contributed by atoms with van der Waals surface area (Å²) in [5, 5.41) is 5.39. The van der Waals surface area contributed by atoms with E-state index in [4.69, 9.17) is 0 Å². The van der Waals surface area contributed by atoms with Gasteiger partial charge in [-0.25, -0.2) is 14.4 Å². The summed E-state index contributed by atoms with van der Waals surface area (Å²) < 4.78 is 14.4. The van der Waals surface area contributed by atoms with Gasteiger partial charge in [-0.15, -0.1) is 0 Å². The number of carbonyl (C=O) groups excluding carboxylic acids is 2. The van der Waals surface area contributed by atoms with Gasteiger partial charge in [0.2, 0.25) is 5.91 Å². The number of benzene rings is 1. The van der Waals surface area contributed by atoms with Crippen LogP contribution in [0.25, 0.3) is 0 Å². The average Bonchev–Trinajstić information content (AvgIpc) is 3.35. The van der Waals surface area contributed by atoms with Crippen molar-refractivity contribution in [3.63, 3.8) is 0 Å². The number of aromatic nitrogens is 2. The Morgan fingerprint density at radius 2 is 1.96 bits per heavy atom. The summed E-state index contributed by atoms with van der Waals surface area (Å²) >= 11 is 3.18. The van der Waals surface area contributed by atoms with Gasteiger partial charge in [-0.3, -0.25) is 9.59 Å². The molecule has 1 aromatic carbocycles. The Kier molecular flexibility index (Phi) is 4.57. The topological polar surface area (TPSA) is 84.0 Å². The Labute approximate surface area is 146 Å². The minimum absolute atomic E-state index is 0.0595. The van der Waals surface area contributed by atoms with Crippen molar-refractivity contribution in [2.75, 3.05) is 0 Å². The third kappa shape index (κ3) is 3.59. The lowest BCUT2D eigenvalue weighted by atomic mass is 10.2. The molecule has 6 nitrogen and oxygen atoms in total. The molecule has 1 aliphatic carbocycles. The molecule has 1 aliphatic rings. The molecule has 0 atom stereocenters. The van der Waals surface area contributed by atoms with E-state index in [2.05, 4.69) is 36.5 Å². The van der Waals surface area contributed by atoms with Crippen LogP contribution in [0.5, 0.6) is 0 Å². The smallest absolute Gasteiger partial charge is 0.255 e. The molecule has 1 aromatic heterocycles. The highest BCUT2D eigenvalue weighted by atomic mass is 79.9. The van der Waals surface area contributed by atoms with Crippen molar-refractivity contribution in [1.82, 2.24) is 20.6 Å². The molecule has 0 saturated heterocycles. The Morgan fingerprint density at radius 3 is 2.58 bits per heavy atom. The summed E-state index contributed by atoms with van der Waals surface area (Å²) in [5.74, 6) is -1.13. The average molecular weight is 393 g/mol. The monoisotopic (exact) mass is 392 g/mol. The number of hydrogen-bond donors (Lipinski definition) is 2. The van der Waals surface area contributed by atoms with Crippen LogP contribution in [0.1, 0.15) is 28.8 Å². The van der Waals surface area contributed by atoms with Gasteiger partial charge in [0.1, 0.15) is 17.7 Å². The van der Waals surface area contributed by atoms with Crippen LogP contribution >= 0.6 is 15.9 Å². The molecule has 0 unspecified atom stereocenters. The van der Waals surface area contributed by atoms with Crippen LogP contribution in [0.3, 0.4) is 0 Å². The fourth-order valence-electron chi connectivity index (χ4n) is 2.25. The number of hydrogen-bond acceptors (Lipinski definition) is 4. The standard InChI is InChI=1S/C16H14BrFN4O2/c17-12-2-1-10(13(18)5-12)8-21-15(24)16(3-4-16)22-14(23)11-6-19-9-20-7-11/h1-2,5-7,9H,3-4,8H2,(H,21,24)(H,22,23). The van der Waals surface area contributed by atoms with Gasteiger partial charge in [-0.05, 0) is 25.0 Å². The van der Waals surface area contributed by atoms with Crippen molar-refractivity contribution < 1.29 is 14.0 Å². The SMILES string of the molecule is O=C(NC1(C(=O)NCc2ccc(Br)cc2F)CC1)c1cncnc1. The van der Waals surface area contributed by atoms with Gasteiger partial charge in [-0.2, -0.15) is 0 Å². The lowest BCUT2D eigenvalue weighted by molar-refractivity contribution is -0.124. The van der Waals surface area contributed by atoms with Crippen LogP contribution in [0.4, 0.5) is 4.39 Å². The van der Waals surface area contributed by atoms with Crippen molar-refractivity contribution in [2.24, 2.45) is 0 Å². The van der Waals surface area contributed by atoms with E-state index in [0.717, 1.165) is 0 Å². The first-order valence-corrected chi connectivity index (χ1v) is 8.09. The summed E-state index contributed by atoms with van der Waals surface area (Å²) in [7, 11) is 0. The number of halogens is 2. The molecule has 1 fully saturated rings. The van der Waals surface area contributed by atoms with E-state index in [1.54, 1.807) is 12.1 Å². The lowest BCUT2D eigenvalue weighted by Gasteiger charge is -2.17. The second kappa shape index (κ2) is 6.64. The number of nitrogens with one attached hydrogen (secondary N) is 2. The van der Waals surface area contributed by atoms with Gasteiger partial charge in [0.15, 0.2) is 0 Å². The van der Waals surface area contributed by atoms with Crippen molar-refractivity contribution in [2.45, 2.75) is 24.9 Å². The molecular weight excluding hydrogens is 379 g/mol. The minimum atomic E-state index is -0.932. The molecule has 1 saturated carbocycles. The highest BCUT2D eigenvalue weighted by Crippen LogP contribution is 2.36. The number of amides is 2. The fourth-order valence-corrected chi connectivity index (χ4v) is 2.58. The van der Waals surface area contributed by atoms with Crippen molar-refractivity contribution in [3.8, 4) is 0 Å². The van der Waals surface area contributed by atoms with Crippen LogP contribution in [0.2, 0.25) is 0 Å². The fraction of sp³-hybridized carbons (Fsp3) is 0.250. The molecule has 124 valence electrons. The quantitative estimate of drug-likeness (QED) is 0.814. The van der Waals surface area contributed by atoms with Crippen LogP contribution in [0, 0.1) is 5.82 Å². The molecule has 24 heavy (non-hydrogen) atoms. The van der Waals surface area contributed by atoms with Crippen molar-refractivity contribution in [1.29, 1.82) is 0 Å². The van der Waals surface area contributed by atoms with Crippen LogP contribution in [0.15, 0.2) is 41.4 Å². The normalized spacial score (nSPS) is 14.8. The van der Waals surface area contributed by atoms with Gasteiger partial charge in [0.05, 0.1) is 5.56 Å². The number of nitrogens with zero attached hydrogens (tertiary/aromatic N) is 2. The first kappa shape index (κ1) is 16.5. The Balaban J connectivity index is 1.61. The summed E-state index contributed by atoms with van der Waals surface area (Å²) in [6.45, 7) is 0.0595. The van der Waals surface area contributed by atoms with Crippen LogP contribution < -0.4 is 10.6 Å². The second-order valence-corrected chi connectivity index (χ2v) is 6.50. The molecular formula is C16H14BrFN4O2. The Hall–Kier alpha value is -2.35. The van der Waals surface area contributed by atoms with Crippen LogP contribution in [-0.2, 0) is 11.3 Å². The van der Waals surface area contributed by atoms with E-state index in [-0.39, 0.29) is 18.0 Å². The molecule has 2 aromatic rings. The van der Waals surface area contributed by atoms with Gasteiger partial charge < -0.3 is 10.6 Å². The maximum absolute atomic E-state index is 13.8. The van der Waals surface area contributed by atoms with Crippen molar-refractivity contribution >= 4 is 27.7 Å². The van der Waals surface area contributed by atoms with Crippen molar-refractivity contribution in [3.05, 3.63) is 58.3 Å². The van der Waals surface area contributed by atoms with E-state index in [1.165, 1.54) is 24.8 Å². The molecule has 0 aliphatic heterocycles. The summed E-state index contributed by atoms with van der Waals surface area (Å²) in [6, 6.07) is 4.64. The highest BCUT2D eigenvalue weighted by molar-refractivity contribution is 9.10. The molecule has 2 N–H and O–H groups in total. The van der Waals surface area contributed by atoms with E-state index in [1.807, 2.05) is 0 Å². The summed E-state index contributed by atoms with van der Waals surface area (Å²) in [4.78, 5) is 32.0. The van der Waals surface area contributed by atoms with Gasteiger partial charge in [0, 0.05) is 29.0 Å². The highest BCUT2D eigenvalue weighted by Gasteiger charge is 2.51. The molecule has 0 spiro atoms. The third-order valence-electron chi connectivity index (χ3n) is 3.81. The van der Waals surface area contributed by atoms with Gasteiger partial charge in [0.25, 0.3) is 5.91 Å². The first-order valence-electron chi connectivity index (χ1n) is 7.30.